The molecule has 5 aliphatic rings. The molecule has 0 radical (unpaired) electrons. The van der Waals surface area contributed by atoms with Gasteiger partial charge >= 0.3 is 6.03 Å². The van der Waals surface area contributed by atoms with Gasteiger partial charge in [-0.1, -0.05) is 0 Å². The van der Waals surface area contributed by atoms with E-state index in [1.807, 2.05) is 24.3 Å². The van der Waals surface area contributed by atoms with Crippen molar-refractivity contribution in [1.82, 2.24) is 5.32 Å². The highest BCUT2D eigenvalue weighted by molar-refractivity contribution is 5.94. The maximum absolute atomic E-state index is 13.0. The standard InChI is InChI=1S/C23H31N3O3/c27-22(21-16-9-14-8-15(11-16)12-17(21)10-14)25-18-3-5-19(6-4-18)26-23(28)24-13-20-2-1-7-29-20/h3-6,14-17,20-21H,1-2,7-13H2,(H,25,27)(H2,24,26,28). The first-order chi connectivity index (χ1) is 14.1. The Morgan fingerprint density at radius 3 is 2.10 bits per heavy atom. The Balaban J connectivity index is 1.12. The smallest absolute Gasteiger partial charge is 0.319 e. The zero-order valence-corrected chi connectivity index (χ0v) is 16.9. The van der Waals surface area contributed by atoms with Crippen LogP contribution in [-0.2, 0) is 9.53 Å². The molecule has 0 aromatic heterocycles. The highest BCUT2D eigenvalue weighted by Gasteiger charge is 2.50. The van der Waals surface area contributed by atoms with Gasteiger partial charge in [-0.2, -0.15) is 0 Å². The second-order valence-corrected chi connectivity index (χ2v) is 9.49. The maximum atomic E-state index is 13.0. The number of ether oxygens (including phenoxy) is 1. The Hall–Kier alpha value is -2.08. The highest BCUT2D eigenvalue weighted by Crippen LogP contribution is 2.56. The second-order valence-electron chi connectivity index (χ2n) is 9.49. The van der Waals surface area contributed by atoms with Crippen LogP contribution < -0.4 is 16.0 Å². The summed E-state index contributed by atoms with van der Waals surface area (Å²) in [7, 11) is 0. The van der Waals surface area contributed by atoms with Gasteiger partial charge in [0.25, 0.3) is 0 Å². The number of urea groups is 1. The zero-order valence-electron chi connectivity index (χ0n) is 16.9. The third kappa shape index (κ3) is 4.13. The van der Waals surface area contributed by atoms with E-state index in [9.17, 15) is 9.59 Å². The van der Waals surface area contributed by atoms with E-state index in [2.05, 4.69) is 16.0 Å². The summed E-state index contributed by atoms with van der Waals surface area (Å²) >= 11 is 0. The first-order valence-electron chi connectivity index (χ1n) is 11.2. The molecule has 1 aromatic rings. The molecule has 3 amide bonds. The first kappa shape index (κ1) is 18.9. The predicted molar refractivity (Wildman–Crippen MR) is 112 cm³/mol. The molecule has 0 spiro atoms. The molecule has 6 nitrogen and oxygen atoms in total. The average Bonchev–Trinajstić information content (AvgIpc) is 3.21. The van der Waals surface area contributed by atoms with Gasteiger partial charge < -0.3 is 20.7 Å². The van der Waals surface area contributed by atoms with Gasteiger partial charge in [0.2, 0.25) is 5.91 Å². The van der Waals surface area contributed by atoms with E-state index in [4.69, 9.17) is 4.74 Å². The molecule has 1 saturated heterocycles. The van der Waals surface area contributed by atoms with Crippen LogP contribution in [0.25, 0.3) is 0 Å². The minimum atomic E-state index is -0.231. The molecule has 1 aliphatic heterocycles. The van der Waals surface area contributed by atoms with E-state index in [-0.39, 0.29) is 24.0 Å². The van der Waals surface area contributed by atoms with Crippen molar-refractivity contribution in [3.8, 4) is 0 Å². The minimum absolute atomic E-state index is 0.128. The van der Waals surface area contributed by atoms with Gasteiger partial charge in [-0.3, -0.25) is 4.79 Å². The Morgan fingerprint density at radius 2 is 1.52 bits per heavy atom. The monoisotopic (exact) mass is 397 g/mol. The van der Waals surface area contributed by atoms with E-state index in [1.54, 1.807) is 0 Å². The van der Waals surface area contributed by atoms with Crippen molar-refractivity contribution in [2.24, 2.45) is 29.6 Å². The summed E-state index contributed by atoms with van der Waals surface area (Å²) < 4.78 is 5.51. The van der Waals surface area contributed by atoms with Gasteiger partial charge in [-0.15, -0.1) is 0 Å². The van der Waals surface area contributed by atoms with Crippen molar-refractivity contribution >= 4 is 23.3 Å². The third-order valence-electron chi connectivity index (χ3n) is 7.45. The molecule has 4 aliphatic carbocycles. The highest BCUT2D eigenvalue weighted by atomic mass is 16.5. The molecular weight excluding hydrogens is 366 g/mol. The van der Waals surface area contributed by atoms with Gasteiger partial charge in [-0.05, 0) is 92.9 Å². The van der Waals surface area contributed by atoms with Crippen molar-refractivity contribution in [3.05, 3.63) is 24.3 Å². The Morgan fingerprint density at radius 1 is 0.897 bits per heavy atom. The number of carbonyl (C=O) groups is 2. The molecule has 4 bridgehead atoms. The van der Waals surface area contributed by atoms with Crippen molar-refractivity contribution in [3.63, 3.8) is 0 Å². The molecular formula is C23H31N3O3. The summed E-state index contributed by atoms with van der Waals surface area (Å²) in [5, 5.41) is 8.81. The van der Waals surface area contributed by atoms with E-state index in [0.29, 0.717) is 24.1 Å². The first-order valence-corrected chi connectivity index (χ1v) is 11.2. The van der Waals surface area contributed by atoms with Crippen molar-refractivity contribution < 1.29 is 14.3 Å². The van der Waals surface area contributed by atoms with Crippen LogP contribution in [0.1, 0.15) is 44.9 Å². The summed E-state index contributed by atoms with van der Waals surface area (Å²) in [6.07, 6.45) is 8.57. The lowest BCUT2D eigenvalue weighted by Gasteiger charge is -2.53. The Labute approximate surface area is 172 Å². The number of rotatable bonds is 5. The topological polar surface area (TPSA) is 79.5 Å². The maximum Gasteiger partial charge on any atom is 0.319 e. The SMILES string of the molecule is O=C(NCC1CCCO1)Nc1ccc(NC(=O)C2C3CC4CC(C3)CC2C4)cc1. The third-order valence-corrected chi connectivity index (χ3v) is 7.45. The summed E-state index contributed by atoms with van der Waals surface area (Å²) in [5.41, 5.74) is 1.51. The van der Waals surface area contributed by atoms with Gasteiger partial charge in [-0.25, -0.2) is 4.79 Å². The van der Waals surface area contributed by atoms with Crippen LogP contribution in [-0.4, -0.2) is 31.2 Å². The molecule has 6 rings (SSSR count). The molecule has 6 heteroatoms. The van der Waals surface area contributed by atoms with E-state index < -0.39 is 0 Å². The number of carbonyl (C=O) groups excluding carboxylic acids is 2. The van der Waals surface area contributed by atoms with Crippen LogP contribution in [0.5, 0.6) is 0 Å². The van der Waals surface area contributed by atoms with Gasteiger partial charge in [0.15, 0.2) is 0 Å². The number of benzene rings is 1. The summed E-state index contributed by atoms with van der Waals surface area (Å²) in [5.74, 6) is 3.29. The van der Waals surface area contributed by atoms with Crippen LogP contribution >= 0.6 is 0 Å². The van der Waals surface area contributed by atoms with Crippen LogP contribution in [0, 0.1) is 29.6 Å². The van der Waals surface area contributed by atoms with E-state index >= 15 is 0 Å². The normalized spacial score (nSPS) is 34.8. The minimum Gasteiger partial charge on any atom is -0.376 e. The lowest BCUT2D eigenvalue weighted by Crippen LogP contribution is -2.49. The number of hydrogen-bond donors (Lipinski definition) is 3. The number of anilines is 2. The number of amides is 3. The lowest BCUT2D eigenvalue weighted by atomic mass is 9.51. The Kier molecular flexibility index (Phi) is 5.20. The summed E-state index contributed by atoms with van der Waals surface area (Å²) in [6.45, 7) is 1.32. The summed E-state index contributed by atoms with van der Waals surface area (Å²) in [4.78, 5) is 25.0. The van der Waals surface area contributed by atoms with E-state index in [0.717, 1.165) is 37.0 Å². The largest absolute Gasteiger partial charge is 0.376 e. The molecule has 1 aromatic carbocycles. The quantitative estimate of drug-likeness (QED) is 0.703. The molecule has 1 unspecified atom stereocenters. The van der Waals surface area contributed by atoms with Crippen molar-refractivity contribution in [2.75, 3.05) is 23.8 Å². The summed E-state index contributed by atoms with van der Waals surface area (Å²) in [6, 6.07) is 7.16. The molecule has 4 saturated carbocycles. The van der Waals surface area contributed by atoms with Crippen LogP contribution in [0.3, 0.4) is 0 Å². The van der Waals surface area contributed by atoms with Crippen molar-refractivity contribution in [1.29, 1.82) is 0 Å². The fourth-order valence-corrected chi connectivity index (χ4v) is 6.40. The Bertz CT molecular complexity index is 729. The predicted octanol–water partition coefficient (Wildman–Crippen LogP) is 4.00. The second kappa shape index (κ2) is 7.98. The van der Waals surface area contributed by atoms with E-state index in [1.165, 1.54) is 32.1 Å². The van der Waals surface area contributed by atoms with Crippen LogP contribution in [0.4, 0.5) is 16.2 Å². The molecule has 3 N–H and O–H groups in total. The molecule has 1 heterocycles. The fraction of sp³-hybridized carbons (Fsp3) is 0.652. The zero-order chi connectivity index (χ0) is 19.8. The van der Waals surface area contributed by atoms with Gasteiger partial charge in [0.1, 0.15) is 0 Å². The van der Waals surface area contributed by atoms with Gasteiger partial charge in [0, 0.05) is 30.4 Å². The lowest BCUT2D eigenvalue weighted by molar-refractivity contribution is -0.132. The van der Waals surface area contributed by atoms with Crippen LogP contribution in [0.2, 0.25) is 0 Å². The number of nitrogens with one attached hydrogen (secondary N) is 3. The van der Waals surface area contributed by atoms with Gasteiger partial charge in [0.05, 0.1) is 6.10 Å². The van der Waals surface area contributed by atoms with Crippen molar-refractivity contribution in [2.45, 2.75) is 51.0 Å². The fourth-order valence-electron chi connectivity index (χ4n) is 6.40. The molecule has 156 valence electrons. The molecule has 29 heavy (non-hydrogen) atoms. The average molecular weight is 398 g/mol. The molecule has 5 fully saturated rings. The molecule has 1 atom stereocenters. The number of hydrogen-bond acceptors (Lipinski definition) is 3. The van der Waals surface area contributed by atoms with Crippen LogP contribution in [0.15, 0.2) is 24.3 Å².